The van der Waals surface area contributed by atoms with Crippen LogP contribution in [0.25, 0.3) is 0 Å². The fourth-order valence-electron chi connectivity index (χ4n) is 2.81. The minimum atomic E-state index is -3.87. The highest BCUT2D eigenvalue weighted by molar-refractivity contribution is 7.92. The Labute approximate surface area is 149 Å². The summed E-state index contributed by atoms with van der Waals surface area (Å²) in [5.41, 5.74) is 1.58. The molecule has 0 aliphatic carbocycles. The number of amides is 1. The molecule has 1 amide bonds. The van der Waals surface area contributed by atoms with Gasteiger partial charge in [-0.3, -0.25) is 9.52 Å². The van der Waals surface area contributed by atoms with Crippen LogP contribution in [0, 0.1) is 0 Å². The molecule has 2 aliphatic rings. The molecule has 2 heterocycles. The largest absolute Gasteiger partial charge is 0.454 e. The van der Waals surface area contributed by atoms with E-state index in [1.807, 2.05) is 0 Å². The highest BCUT2D eigenvalue weighted by Crippen LogP contribution is 2.40. The average molecular weight is 381 g/mol. The van der Waals surface area contributed by atoms with Crippen LogP contribution in [0.2, 0.25) is 5.02 Å². The monoisotopic (exact) mass is 380 g/mol. The minimum Gasteiger partial charge on any atom is -0.454 e. The first-order chi connectivity index (χ1) is 11.8. The zero-order valence-electron chi connectivity index (χ0n) is 13.1. The first-order valence-electron chi connectivity index (χ1n) is 7.36. The van der Waals surface area contributed by atoms with Crippen LogP contribution >= 0.6 is 11.6 Å². The number of ether oxygens (including phenoxy) is 2. The molecule has 2 aromatic carbocycles. The van der Waals surface area contributed by atoms with Gasteiger partial charge in [0.25, 0.3) is 10.0 Å². The summed E-state index contributed by atoms with van der Waals surface area (Å²) in [7, 11) is -2.21. The van der Waals surface area contributed by atoms with Crippen molar-refractivity contribution in [3.8, 4) is 11.5 Å². The van der Waals surface area contributed by atoms with Crippen LogP contribution in [0.5, 0.6) is 11.5 Å². The molecule has 130 valence electrons. The van der Waals surface area contributed by atoms with Gasteiger partial charge in [0.2, 0.25) is 12.7 Å². The van der Waals surface area contributed by atoms with Crippen molar-refractivity contribution in [1.82, 2.24) is 0 Å². The van der Waals surface area contributed by atoms with Crippen molar-refractivity contribution in [3.63, 3.8) is 0 Å². The Bertz CT molecular complexity index is 1010. The third-order valence-electron chi connectivity index (χ3n) is 4.14. The second-order valence-electron chi connectivity index (χ2n) is 5.71. The topological polar surface area (TPSA) is 84.9 Å². The van der Waals surface area contributed by atoms with Crippen LogP contribution < -0.4 is 19.1 Å². The third-order valence-corrected chi connectivity index (χ3v) is 5.82. The van der Waals surface area contributed by atoms with E-state index in [4.69, 9.17) is 21.1 Å². The number of anilines is 2. The van der Waals surface area contributed by atoms with E-state index >= 15 is 0 Å². The Kier molecular flexibility index (Phi) is 3.55. The van der Waals surface area contributed by atoms with E-state index in [0.717, 1.165) is 0 Å². The van der Waals surface area contributed by atoms with Crippen LogP contribution in [0.15, 0.2) is 35.2 Å². The molecule has 7 nitrogen and oxygen atoms in total. The van der Waals surface area contributed by atoms with E-state index in [1.165, 1.54) is 29.2 Å². The van der Waals surface area contributed by atoms with E-state index in [2.05, 4.69) is 4.72 Å². The summed E-state index contributed by atoms with van der Waals surface area (Å²) in [5, 5.41) is 0.198. The maximum atomic E-state index is 12.7. The van der Waals surface area contributed by atoms with Gasteiger partial charge < -0.3 is 14.4 Å². The molecule has 0 aromatic heterocycles. The van der Waals surface area contributed by atoms with Crippen molar-refractivity contribution in [2.45, 2.75) is 11.3 Å². The highest BCUT2D eigenvalue weighted by atomic mass is 35.5. The molecule has 2 aromatic rings. The molecule has 0 saturated carbocycles. The minimum absolute atomic E-state index is 0.0584. The van der Waals surface area contributed by atoms with Gasteiger partial charge in [0.15, 0.2) is 11.5 Å². The summed E-state index contributed by atoms with van der Waals surface area (Å²) < 4.78 is 38.2. The number of likely N-dealkylation sites (N-methyl/N-ethyl adjacent to an activating group) is 1. The SMILES string of the molecule is CN1C(=O)Cc2cc(S(=O)(=O)Nc3cc4c(cc3Cl)OCO4)ccc21. The van der Waals surface area contributed by atoms with Gasteiger partial charge in [-0.15, -0.1) is 0 Å². The lowest BCUT2D eigenvalue weighted by atomic mass is 10.2. The summed E-state index contributed by atoms with van der Waals surface area (Å²) in [4.78, 5) is 13.3. The molecule has 0 saturated heterocycles. The molecule has 4 rings (SSSR count). The van der Waals surface area contributed by atoms with Gasteiger partial charge in [0, 0.05) is 24.9 Å². The quantitative estimate of drug-likeness (QED) is 0.883. The molecule has 0 radical (unpaired) electrons. The van der Waals surface area contributed by atoms with Crippen molar-refractivity contribution in [1.29, 1.82) is 0 Å². The van der Waals surface area contributed by atoms with Gasteiger partial charge in [-0.25, -0.2) is 8.42 Å². The van der Waals surface area contributed by atoms with Gasteiger partial charge in [0.05, 0.1) is 22.0 Å². The van der Waals surface area contributed by atoms with Crippen LogP contribution in [-0.4, -0.2) is 28.2 Å². The van der Waals surface area contributed by atoms with Crippen molar-refractivity contribution < 1.29 is 22.7 Å². The number of nitrogens with one attached hydrogen (secondary N) is 1. The van der Waals surface area contributed by atoms with E-state index in [-0.39, 0.29) is 34.7 Å². The normalized spacial score (nSPS) is 15.4. The third kappa shape index (κ3) is 2.67. The maximum absolute atomic E-state index is 12.7. The molecule has 0 bridgehead atoms. The molecule has 9 heteroatoms. The molecule has 25 heavy (non-hydrogen) atoms. The lowest BCUT2D eigenvalue weighted by Crippen LogP contribution is -2.20. The van der Waals surface area contributed by atoms with Crippen molar-refractivity contribution in [3.05, 3.63) is 40.9 Å². The summed E-state index contributed by atoms with van der Waals surface area (Å²) >= 11 is 6.12. The number of hydrogen-bond acceptors (Lipinski definition) is 5. The van der Waals surface area contributed by atoms with Gasteiger partial charge >= 0.3 is 0 Å². The molecule has 2 aliphatic heterocycles. The molecule has 0 atom stereocenters. The second-order valence-corrected chi connectivity index (χ2v) is 7.80. The number of fused-ring (bicyclic) bond motifs is 2. The zero-order valence-corrected chi connectivity index (χ0v) is 14.6. The van der Waals surface area contributed by atoms with E-state index < -0.39 is 10.0 Å². The Morgan fingerprint density at radius 3 is 2.64 bits per heavy atom. The second kappa shape index (κ2) is 5.53. The van der Waals surface area contributed by atoms with Gasteiger partial charge in [0.1, 0.15) is 0 Å². The van der Waals surface area contributed by atoms with Gasteiger partial charge in [-0.2, -0.15) is 0 Å². The Morgan fingerprint density at radius 1 is 1.16 bits per heavy atom. The number of sulfonamides is 1. The summed E-state index contributed by atoms with van der Waals surface area (Å²) in [6.45, 7) is 0.0637. The van der Waals surface area contributed by atoms with Gasteiger partial charge in [-0.05, 0) is 23.8 Å². The molecular weight excluding hydrogens is 368 g/mol. The smallest absolute Gasteiger partial charge is 0.261 e. The Hall–Kier alpha value is -2.45. The Morgan fingerprint density at radius 2 is 1.88 bits per heavy atom. The number of rotatable bonds is 3. The number of carbonyl (C=O) groups is 1. The van der Waals surface area contributed by atoms with E-state index in [1.54, 1.807) is 13.1 Å². The molecule has 0 unspecified atom stereocenters. The standard InChI is InChI=1S/C16H13ClN2O5S/c1-19-13-3-2-10(4-9(13)5-16(19)20)25(21,22)18-12-7-15-14(6-11(12)17)23-8-24-15/h2-4,6-7,18H,5,8H2,1H3. The number of carbonyl (C=O) groups excluding carboxylic acids is 1. The number of hydrogen-bond donors (Lipinski definition) is 1. The van der Waals surface area contributed by atoms with E-state index in [9.17, 15) is 13.2 Å². The van der Waals surface area contributed by atoms with Crippen LogP contribution in [0.3, 0.4) is 0 Å². The zero-order chi connectivity index (χ0) is 17.8. The summed E-state index contributed by atoms with van der Waals surface area (Å²) in [6, 6.07) is 7.55. The number of nitrogens with zero attached hydrogens (tertiary/aromatic N) is 1. The number of benzene rings is 2. The first kappa shape index (κ1) is 16.0. The van der Waals surface area contributed by atoms with Crippen LogP contribution in [0.1, 0.15) is 5.56 Å². The van der Waals surface area contributed by atoms with E-state index in [0.29, 0.717) is 22.7 Å². The van der Waals surface area contributed by atoms with Gasteiger partial charge in [-0.1, -0.05) is 11.6 Å². The number of halogens is 1. The molecule has 1 N–H and O–H groups in total. The fourth-order valence-corrected chi connectivity index (χ4v) is 4.19. The van der Waals surface area contributed by atoms with Crippen molar-refractivity contribution >= 4 is 38.9 Å². The molecule has 0 fully saturated rings. The summed E-state index contributed by atoms with van der Waals surface area (Å²) in [5.74, 6) is 0.812. The van der Waals surface area contributed by atoms with Crippen molar-refractivity contribution in [2.24, 2.45) is 0 Å². The highest BCUT2D eigenvalue weighted by Gasteiger charge is 2.27. The predicted octanol–water partition coefficient (Wildman–Crippen LogP) is 2.39. The molecule has 0 spiro atoms. The Balaban J connectivity index is 1.68. The van der Waals surface area contributed by atoms with Crippen LogP contribution in [0.4, 0.5) is 11.4 Å². The molecular formula is C16H13ClN2O5S. The summed E-state index contributed by atoms with van der Waals surface area (Å²) in [6.07, 6.45) is 0.181. The fraction of sp³-hybridized carbons (Fsp3) is 0.188. The maximum Gasteiger partial charge on any atom is 0.261 e. The lowest BCUT2D eigenvalue weighted by Gasteiger charge is -2.13. The van der Waals surface area contributed by atoms with Crippen LogP contribution in [-0.2, 0) is 21.2 Å². The van der Waals surface area contributed by atoms with Crippen molar-refractivity contribution in [2.75, 3.05) is 23.5 Å². The predicted molar refractivity (Wildman–Crippen MR) is 91.9 cm³/mol. The first-order valence-corrected chi connectivity index (χ1v) is 9.23. The average Bonchev–Trinajstić information content (AvgIpc) is 3.11. The lowest BCUT2D eigenvalue weighted by molar-refractivity contribution is -0.117.